The van der Waals surface area contributed by atoms with Crippen LogP contribution in [-0.2, 0) is 10.2 Å². The van der Waals surface area contributed by atoms with Crippen molar-refractivity contribution in [3.63, 3.8) is 0 Å². The number of amides is 1. The molecular weight excluding hydrogens is 320 g/mol. The maximum atomic E-state index is 13.8. The van der Waals surface area contributed by atoms with E-state index < -0.39 is 0 Å². The minimum absolute atomic E-state index is 0.120. The molecule has 0 radical (unpaired) electrons. The molecule has 4 saturated carbocycles. The molecule has 2 N–H and O–H groups in total. The van der Waals surface area contributed by atoms with Gasteiger partial charge in [0.1, 0.15) is 0 Å². The molecule has 1 aromatic carbocycles. The summed E-state index contributed by atoms with van der Waals surface area (Å²) < 4.78 is 0. The Labute approximate surface area is 157 Å². The second-order valence-corrected chi connectivity index (χ2v) is 10.4. The van der Waals surface area contributed by atoms with Gasteiger partial charge in [-0.3, -0.25) is 4.79 Å². The van der Waals surface area contributed by atoms with Gasteiger partial charge < -0.3 is 10.6 Å². The second-order valence-electron chi connectivity index (χ2n) is 10.4. The normalized spacial score (nSPS) is 42.2. The van der Waals surface area contributed by atoms with Gasteiger partial charge in [0, 0.05) is 19.1 Å². The van der Waals surface area contributed by atoms with E-state index in [4.69, 9.17) is 5.73 Å². The first-order chi connectivity index (χ1) is 12.4. The molecule has 1 amide bonds. The van der Waals surface area contributed by atoms with E-state index in [9.17, 15) is 4.79 Å². The number of nitrogens with zero attached hydrogens (tertiary/aromatic N) is 1. The Kier molecular flexibility index (Phi) is 3.60. The van der Waals surface area contributed by atoms with E-state index in [2.05, 4.69) is 42.2 Å². The van der Waals surface area contributed by atoms with Crippen LogP contribution in [0.25, 0.3) is 0 Å². The number of hydrogen-bond acceptors (Lipinski definition) is 2. The van der Waals surface area contributed by atoms with Crippen LogP contribution < -0.4 is 5.73 Å². The molecule has 26 heavy (non-hydrogen) atoms. The van der Waals surface area contributed by atoms with Crippen molar-refractivity contribution in [1.82, 2.24) is 4.90 Å². The van der Waals surface area contributed by atoms with Crippen LogP contribution in [0, 0.1) is 16.7 Å². The lowest BCUT2D eigenvalue weighted by Crippen LogP contribution is -2.63. The molecule has 2 unspecified atom stereocenters. The Morgan fingerprint density at radius 2 is 1.77 bits per heavy atom. The van der Waals surface area contributed by atoms with Crippen molar-refractivity contribution in [3.8, 4) is 0 Å². The van der Waals surface area contributed by atoms with Gasteiger partial charge in [-0.25, -0.2) is 0 Å². The highest BCUT2D eigenvalue weighted by Crippen LogP contribution is 2.70. The Hall–Kier alpha value is -1.35. The number of rotatable bonds is 2. The first-order valence-corrected chi connectivity index (χ1v) is 10.5. The molecule has 1 aliphatic heterocycles. The van der Waals surface area contributed by atoms with Gasteiger partial charge >= 0.3 is 0 Å². The van der Waals surface area contributed by atoms with Crippen LogP contribution in [0.15, 0.2) is 30.3 Å². The first-order valence-electron chi connectivity index (χ1n) is 10.5. The summed E-state index contributed by atoms with van der Waals surface area (Å²) >= 11 is 0. The van der Waals surface area contributed by atoms with E-state index in [1.54, 1.807) is 0 Å². The minimum atomic E-state index is -0.120. The zero-order chi connectivity index (χ0) is 18.0. The molecule has 5 aliphatic rings. The third-order valence-electron chi connectivity index (χ3n) is 8.01. The van der Waals surface area contributed by atoms with Crippen molar-refractivity contribution in [2.45, 2.75) is 69.7 Å². The Bertz CT molecular complexity index is 710. The fourth-order valence-electron chi connectivity index (χ4n) is 7.71. The lowest BCUT2D eigenvalue weighted by atomic mass is 9.38. The minimum Gasteiger partial charge on any atom is -0.342 e. The molecule has 4 bridgehead atoms. The average Bonchev–Trinajstić information content (AvgIpc) is 2.60. The Balaban J connectivity index is 1.51. The third kappa shape index (κ3) is 2.46. The maximum absolute atomic E-state index is 13.8. The Morgan fingerprint density at radius 1 is 1.04 bits per heavy atom. The highest BCUT2D eigenvalue weighted by molar-refractivity contribution is 5.84. The van der Waals surface area contributed by atoms with Crippen molar-refractivity contribution < 1.29 is 4.79 Å². The second kappa shape index (κ2) is 5.58. The molecule has 140 valence electrons. The molecule has 0 spiro atoms. The third-order valence-corrected chi connectivity index (χ3v) is 8.01. The van der Waals surface area contributed by atoms with Crippen LogP contribution in [0.3, 0.4) is 0 Å². The van der Waals surface area contributed by atoms with Gasteiger partial charge in [0.15, 0.2) is 0 Å². The lowest BCUT2D eigenvalue weighted by molar-refractivity contribution is -0.171. The lowest BCUT2D eigenvalue weighted by Gasteiger charge is -2.66. The molecule has 3 heteroatoms. The standard InChI is InChI=1S/C23H32N2O/c1-21-11-17-12-22(14-21,18-5-3-2-4-6-18)16-23(13-17,15-21)20(26)25-9-7-19(24)8-10-25/h2-6,17,19H,7-16,24H2,1H3/t17?,21-,22-,23?/m1/s1. The predicted molar refractivity (Wildman–Crippen MR) is 104 cm³/mol. The number of carbonyl (C=O) groups excluding carboxylic acids is 1. The Morgan fingerprint density at radius 3 is 2.46 bits per heavy atom. The van der Waals surface area contributed by atoms with Crippen molar-refractivity contribution in [2.24, 2.45) is 22.5 Å². The van der Waals surface area contributed by atoms with E-state index in [0.717, 1.165) is 45.2 Å². The highest BCUT2D eigenvalue weighted by atomic mass is 16.2. The van der Waals surface area contributed by atoms with Crippen LogP contribution in [0.5, 0.6) is 0 Å². The average molecular weight is 353 g/mol. The maximum Gasteiger partial charge on any atom is 0.228 e. The summed E-state index contributed by atoms with van der Waals surface area (Å²) in [4.78, 5) is 15.9. The number of hydrogen-bond donors (Lipinski definition) is 1. The summed E-state index contributed by atoms with van der Waals surface area (Å²) in [6, 6.07) is 11.4. The van der Waals surface area contributed by atoms with E-state index in [0.29, 0.717) is 17.2 Å². The molecule has 3 nitrogen and oxygen atoms in total. The molecule has 6 rings (SSSR count). The van der Waals surface area contributed by atoms with E-state index in [1.165, 1.54) is 24.8 Å². The molecular formula is C23H32N2O. The monoisotopic (exact) mass is 352 g/mol. The van der Waals surface area contributed by atoms with Gasteiger partial charge in [-0.15, -0.1) is 0 Å². The predicted octanol–water partition coefficient (Wildman–Crippen LogP) is 3.86. The number of nitrogens with two attached hydrogens (primary N) is 1. The molecule has 4 atom stereocenters. The molecule has 1 saturated heterocycles. The van der Waals surface area contributed by atoms with Crippen LogP contribution in [0.2, 0.25) is 0 Å². The van der Waals surface area contributed by atoms with Gasteiger partial charge in [0.05, 0.1) is 5.41 Å². The largest absolute Gasteiger partial charge is 0.342 e. The summed E-state index contributed by atoms with van der Waals surface area (Å²) in [5.41, 5.74) is 7.99. The molecule has 4 aliphatic carbocycles. The molecule has 0 aromatic heterocycles. The summed E-state index contributed by atoms with van der Waals surface area (Å²) in [5.74, 6) is 1.17. The topological polar surface area (TPSA) is 46.3 Å². The number of benzene rings is 1. The van der Waals surface area contributed by atoms with Crippen LogP contribution in [-0.4, -0.2) is 29.9 Å². The SMILES string of the molecule is C[C@]12CC3CC(C(=O)N4CCC(N)CC4)(C1)C[C@@](c1ccccc1)(C3)C2. The van der Waals surface area contributed by atoms with Gasteiger partial charge in [-0.05, 0) is 73.7 Å². The van der Waals surface area contributed by atoms with Gasteiger partial charge in [-0.1, -0.05) is 37.3 Å². The van der Waals surface area contributed by atoms with Crippen LogP contribution in [0.4, 0.5) is 0 Å². The van der Waals surface area contributed by atoms with Crippen molar-refractivity contribution in [2.75, 3.05) is 13.1 Å². The zero-order valence-corrected chi connectivity index (χ0v) is 16.0. The molecule has 1 aromatic rings. The number of piperidine rings is 1. The molecule has 5 fully saturated rings. The van der Waals surface area contributed by atoms with E-state index in [-0.39, 0.29) is 16.9 Å². The summed E-state index contributed by atoms with van der Waals surface area (Å²) in [5, 5.41) is 0. The van der Waals surface area contributed by atoms with Crippen molar-refractivity contribution in [1.29, 1.82) is 0 Å². The van der Waals surface area contributed by atoms with Crippen LogP contribution in [0.1, 0.15) is 63.9 Å². The fourth-order valence-corrected chi connectivity index (χ4v) is 7.71. The zero-order valence-electron chi connectivity index (χ0n) is 16.0. The quantitative estimate of drug-likeness (QED) is 0.878. The van der Waals surface area contributed by atoms with Crippen molar-refractivity contribution in [3.05, 3.63) is 35.9 Å². The summed E-state index contributed by atoms with van der Waals surface area (Å²) in [6.07, 6.45) is 9.09. The number of carbonyl (C=O) groups is 1. The van der Waals surface area contributed by atoms with E-state index in [1.807, 2.05) is 0 Å². The first kappa shape index (κ1) is 16.8. The van der Waals surface area contributed by atoms with Gasteiger partial charge in [0.25, 0.3) is 0 Å². The fraction of sp³-hybridized carbons (Fsp3) is 0.696. The number of likely N-dealkylation sites (tertiary alicyclic amines) is 1. The highest BCUT2D eigenvalue weighted by Gasteiger charge is 2.65. The summed E-state index contributed by atoms with van der Waals surface area (Å²) in [6.45, 7) is 4.19. The van der Waals surface area contributed by atoms with Crippen molar-refractivity contribution >= 4 is 5.91 Å². The summed E-state index contributed by atoms with van der Waals surface area (Å²) in [7, 11) is 0. The van der Waals surface area contributed by atoms with Gasteiger partial charge in [0.2, 0.25) is 5.91 Å². The smallest absolute Gasteiger partial charge is 0.228 e. The van der Waals surface area contributed by atoms with E-state index >= 15 is 0 Å². The van der Waals surface area contributed by atoms with Gasteiger partial charge in [-0.2, -0.15) is 0 Å². The van der Waals surface area contributed by atoms with Crippen LogP contribution >= 0.6 is 0 Å². The molecule has 1 heterocycles.